The SMILES string of the molecule is CC(=O)CC[C@]1([N+](=O)[O-])C[C@H](n2cc(C)c(=O)[nH]c2=O)O[C@@H]1CO. The molecular weight excluding hydrogens is 322 g/mol. The second-order valence-corrected chi connectivity index (χ2v) is 6.01. The van der Waals surface area contributed by atoms with Crippen molar-refractivity contribution in [1.82, 2.24) is 9.55 Å². The molecule has 0 saturated carbocycles. The number of Topliss-reactive ketones (excluding diaryl/α,β-unsaturated/α-hetero) is 1. The summed E-state index contributed by atoms with van der Waals surface area (Å²) in [4.78, 5) is 47.8. The van der Waals surface area contributed by atoms with Gasteiger partial charge >= 0.3 is 5.69 Å². The number of nitro groups is 1. The monoisotopic (exact) mass is 341 g/mol. The molecule has 2 N–H and O–H groups in total. The molecule has 1 aliphatic rings. The van der Waals surface area contributed by atoms with E-state index in [2.05, 4.69) is 4.98 Å². The molecule has 2 rings (SSSR count). The summed E-state index contributed by atoms with van der Waals surface area (Å²) in [5.74, 6) is -0.214. The Morgan fingerprint density at radius 2 is 2.25 bits per heavy atom. The average molecular weight is 341 g/mol. The van der Waals surface area contributed by atoms with Gasteiger partial charge in [-0.1, -0.05) is 0 Å². The minimum Gasteiger partial charge on any atom is -0.393 e. The van der Waals surface area contributed by atoms with Crippen LogP contribution in [0.25, 0.3) is 0 Å². The third-order valence-corrected chi connectivity index (χ3v) is 4.34. The van der Waals surface area contributed by atoms with Gasteiger partial charge in [-0.25, -0.2) is 4.79 Å². The Morgan fingerprint density at radius 1 is 1.58 bits per heavy atom. The highest BCUT2D eigenvalue weighted by atomic mass is 16.6. The summed E-state index contributed by atoms with van der Waals surface area (Å²) in [5.41, 5.74) is -2.72. The van der Waals surface area contributed by atoms with Crippen LogP contribution in [-0.2, 0) is 9.53 Å². The number of nitrogens with zero attached hydrogens (tertiary/aromatic N) is 2. The van der Waals surface area contributed by atoms with E-state index in [1.807, 2.05) is 0 Å². The number of ketones is 1. The highest BCUT2D eigenvalue weighted by Gasteiger charge is 2.58. The highest BCUT2D eigenvalue weighted by molar-refractivity contribution is 5.75. The Bertz CT molecular complexity index is 768. The van der Waals surface area contributed by atoms with E-state index in [4.69, 9.17) is 4.74 Å². The van der Waals surface area contributed by atoms with Crippen molar-refractivity contribution in [3.8, 4) is 0 Å². The molecule has 1 aromatic rings. The van der Waals surface area contributed by atoms with Crippen LogP contribution in [0.3, 0.4) is 0 Å². The molecule has 0 aromatic carbocycles. The number of aryl methyl sites for hydroxylation is 1. The van der Waals surface area contributed by atoms with Crippen molar-refractivity contribution < 1.29 is 19.6 Å². The lowest BCUT2D eigenvalue weighted by atomic mass is 9.86. The number of H-pyrrole nitrogens is 1. The van der Waals surface area contributed by atoms with E-state index in [9.17, 15) is 29.6 Å². The topological polar surface area (TPSA) is 145 Å². The number of ether oxygens (including phenoxy) is 1. The van der Waals surface area contributed by atoms with E-state index in [1.54, 1.807) is 0 Å². The van der Waals surface area contributed by atoms with Crippen LogP contribution in [0.5, 0.6) is 0 Å². The normalized spacial score (nSPS) is 26.5. The zero-order valence-corrected chi connectivity index (χ0v) is 13.4. The predicted octanol–water partition coefficient (Wildman–Crippen LogP) is -0.490. The molecule has 1 aromatic heterocycles. The summed E-state index contributed by atoms with van der Waals surface area (Å²) < 4.78 is 6.59. The minimum absolute atomic E-state index is 0.0346. The van der Waals surface area contributed by atoms with Gasteiger partial charge in [0.15, 0.2) is 6.10 Å². The second-order valence-electron chi connectivity index (χ2n) is 6.01. The van der Waals surface area contributed by atoms with Crippen LogP contribution in [0.1, 0.15) is 38.0 Å². The Labute approximate surface area is 136 Å². The van der Waals surface area contributed by atoms with Gasteiger partial charge in [0.1, 0.15) is 12.0 Å². The number of nitrogens with one attached hydrogen (secondary N) is 1. The number of hydrogen-bond donors (Lipinski definition) is 2. The molecule has 1 aliphatic heterocycles. The Balaban J connectivity index is 2.42. The number of aliphatic hydroxyl groups excluding tert-OH is 1. The zero-order chi connectivity index (χ0) is 18.1. The Morgan fingerprint density at radius 3 is 2.79 bits per heavy atom. The first-order valence-electron chi connectivity index (χ1n) is 7.43. The van der Waals surface area contributed by atoms with Gasteiger partial charge in [0.25, 0.3) is 11.1 Å². The van der Waals surface area contributed by atoms with E-state index >= 15 is 0 Å². The van der Waals surface area contributed by atoms with Crippen molar-refractivity contribution in [3.05, 3.63) is 42.7 Å². The van der Waals surface area contributed by atoms with E-state index in [0.29, 0.717) is 0 Å². The van der Waals surface area contributed by atoms with E-state index in [-0.39, 0.29) is 30.6 Å². The maximum Gasteiger partial charge on any atom is 0.330 e. The van der Waals surface area contributed by atoms with Gasteiger partial charge in [0.05, 0.1) is 13.0 Å². The average Bonchev–Trinajstić information content (AvgIpc) is 2.88. The molecule has 0 radical (unpaired) electrons. The fourth-order valence-corrected chi connectivity index (χ4v) is 2.91. The lowest BCUT2D eigenvalue weighted by Crippen LogP contribution is -2.48. The van der Waals surface area contributed by atoms with Crippen LogP contribution in [0, 0.1) is 17.0 Å². The summed E-state index contributed by atoms with van der Waals surface area (Å²) >= 11 is 0. The minimum atomic E-state index is -1.67. The third kappa shape index (κ3) is 3.15. The first-order valence-corrected chi connectivity index (χ1v) is 7.43. The maximum absolute atomic E-state index is 12.0. The Kier molecular flexibility index (Phi) is 4.99. The largest absolute Gasteiger partial charge is 0.393 e. The molecule has 132 valence electrons. The smallest absolute Gasteiger partial charge is 0.330 e. The molecule has 24 heavy (non-hydrogen) atoms. The number of carbonyl (C=O) groups is 1. The van der Waals surface area contributed by atoms with Crippen molar-refractivity contribution in [1.29, 1.82) is 0 Å². The lowest BCUT2D eigenvalue weighted by molar-refractivity contribution is -0.577. The molecule has 0 spiro atoms. The quantitative estimate of drug-likeness (QED) is 0.524. The van der Waals surface area contributed by atoms with Crippen molar-refractivity contribution >= 4 is 5.78 Å². The summed E-state index contributed by atoms with van der Waals surface area (Å²) in [7, 11) is 0. The lowest BCUT2D eigenvalue weighted by Gasteiger charge is -2.23. The number of aliphatic hydroxyl groups is 1. The van der Waals surface area contributed by atoms with Gasteiger partial charge in [-0.05, 0) is 13.8 Å². The number of hydrogen-bond acceptors (Lipinski definition) is 7. The fraction of sp³-hybridized carbons (Fsp3) is 0.643. The first-order chi connectivity index (χ1) is 11.2. The highest BCUT2D eigenvalue weighted by Crippen LogP contribution is 2.41. The summed E-state index contributed by atoms with van der Waals surface area (Å²) in [6.45, 7) is 2.20. The number of rotatable bonds is 6. The van der Waals surface area contributed by atoms with Gasteiger partial charge in [0.2, 0.25) is 0 Å². The molecular formula is C14H19N3O7. The number of aromatic amines is 1. The summed E-state index contributed by atoms with van der Waals surface area (Å²) in [6.07, 6.45) is -1.23. The molecule has 0 aliphatic carbocycles. The fourth-order valence-electron chi connectivity index (χ4n) is 2.91. The molecule has 2 heterocycles. The van der Waals surface area contributed by atoms with Crippen molar-refractivity contribution in [3.63, 3.8) is 0 Å². The van der Waals surface area contributed by atoms with Crippen LogP contribution < -0.4 is 11.2 Å². The molecule has 10 heteroatoms. The zero-order valence-electron chi connectivity index (χ0n) is 13.4. The van der Waals surface area contributed by atoms with E-state index in [0.717, 1.165) is 4.57 Å². The molecule has 1 saturated heterocycles. The van der Waals surface area contributed by atoms with Crippen molar-refractivity contribution in [2.45, 2.75) is 51.0 Å². The van der Waals surface area contributed by atoms with Crippen LogP contribution >= 0.6 is 0 Å². The molecule has 3 atom stereocenters. The van der Waals surface area contributed by atoms with Gasteiger partial charge in [-0.3, -0.25) is 24.5 Å². The predicted molar refractivity (Wildman–Crippen MR) is 81.3 cm³/mol. The van der Waals surface area contributed by atoms with E-state index < -0.39 is 40.6 Å². The molecule has 10 nitrogen and oxygen atoms in total. The van der Waals surface area contributed by atoms with Crippen molar-refractivity contribution in [2.24, 2.45) is 0 Å². The second kappa shape index (κ2) is 6.65. The van der Waals surface area contributed by atoms with Crippen LogP contribution in [-0.4, -0.2) is 43.6 Å². The van der Waals surface area contributed by atoms with Gasteiger partial charge < -0.3 is 14.6 Å². The van der Waals surface area contributed by atoms with Crippen LogP contribution in [0.2, 0.25) is 0 Å². The Hall–Kier alpha value is -2.33. The van der Waals surface area contributed by atoms with E-state index in [1.165, 1.54) is 20.0 Å². The number of aromatic nitrogens is 2. The summed E-state index contributed by atoms with van der Waals surface area (Å²) in [6, 6.07) is 0. The molecule has 1 fully saturated rings. The van der Waals surface area contributed by atoms with Gasteiger partial charge in [-0.15, -0.1) is 0 Å². The molecule has 0 amide bonds. The van der Waals surface area contributed by atoms with Crippen LogP contribution in [0.4, 0.5) is 0 Å². The maximum atomic E-state index is 12.0. The number of carbonyl (C=O) groups excluding carboxylic acids is 1. The molecule has 0 bridgehead atoms. The van der Waals surface area contributed by atoms with Crippen LogP contribution in [0.15, 0.2) is 15.8 Å². The summed E-state index contributed by atoms with van der Waals surface area (Å²) in [5, 5.41) is 21.1. The van der Waals surface area contributed by atoms with Gasteiger partial charge in [0, 0.05) is 29.5 Å². The van der Waals surface area contributed by atoms with Crippen molar-refractivity contribution in [2.75, 3.05) is 6.61 Å². The first kappa shape index (κ1) is 18.0. The molecule has 0 unspecified atom stereocenters. The standard InChI is InChI=1S/C14H19N3O7/c1-8-6-16(13(21)15-12(8)20)11-5-14(17(22)23,4-3-9(2)19)10(7-18)24-11/h6,10-11,18H,3-5,7H2,1-2H3,(H,15,20,21)/t10-,11-,14+/m1/s1. The third-order valence-electron chi connectivity index (χ3n) is 4.34. The van der Waals surface area contributed by atoms with Gasteiger partial charge in [-0.2, -0.15) is 0 Å².